The number of anilines is 1. The molecule has 25 heavy (non-hydrogen) atoms. The third-order valence-electron chi connectivity index (χ3n) is 4.47. The SMILES string of the molecule is CC(CC(=O)Nc1ccc(CCC(=O)O)cc1)NC(=O)C1CCCC1. The van der Waals surface area contributed by atoms with Gasteiger partial charge in [0.25, 0.3) is 0 Å². The Morgan fingerprint density at radius 2 is 1.80 bits per heavy atom. The van der Waals surface area contributed by atoms with Gasteiger partial charge in [0.2, 0.25) is 11.8 Å². The zero-order valence-electron chi connectivity index (χ0n) is 14.6. The van der Waals surface area contributed by atoms with Crippen molar-refractivity contribution in [1.29, 1.82) is 0 Å². The topological polar surface area (TPSA) is 95.5 Å². The fourth-order valence-corrected chi connectivity index (χ4v) is 3.10. The van der Waals surface area contributed by atoms with Gasteiger partial charge in [0.05, 0.1) is 0 Å². The second kappa shape index (κ2) is 9.20. The molecule has 0 aliphatic heterocycles. The number of carboxylic acid groups (broad SMARTS) is 1. The highest BCUT2D eigenvalue weighted by molar-refractivity contribution is 5.91. The molecule has 6 heteroatoms. The molecule has 0 aromatic heterocycles. The molecule has 1 saturated carbocycles. The first-order valence-electron chi connectivity index (χ1n) is 8.85. The van der Waals surface area contributed by atoms with Crippen LogP contribution >= 0.6 is 0 Å². The van der Waals surface area contributed by atoms with E-state index in [2.05, 4.69) is 10.6 Å². The second-order valence-electron chi connectivity index (χ2n) is 6.73. The molecule has 1 unspecified atom stereocenters. The second-order valence-corrected chi connectivity index (χ2v) is 6.73. The zero-order valence-corrected chi connectivity index (χ0v) is 14.6. The Hall–Kier alpha value is -2.37. The van der Waals surface area contributed by atoms with Crippen molar-refractivity contribution in [1.82, 2.24) is 5.32 Å². The first kappa shape index (κ1) is 19.0. The quantitative estimate of drug-likeness (QED) is 0.674. The molecule has 1 aromatic rings. The molecule has 0 heterocycles. The number of amides is 2. The number of hydrogen-bond acceptors (Lipinski definition) is 3. The Bertz CT molecular complexity index is 606. The van der Waals surface area contributed by atoms with Crippen molar-refractivity contribution in [2.75, 3.05) is 5.32 Å². The van der Waals surface area contributed by atoms with Gasteiger partial charge in [0.1, 0.15) is 0 Å². The maximum absolute atomic E-state index is 12.1. The van der Waals surface area contributed by atoms with Gasteiger partial charge in [-0.05, 0) is 43.9 Å². The summed E-state index contributed by atoms with van der Waals surface area (Å²) in [5, 5.41) is 14.4. The van der Waals surface area contributed by atoms with Gasteiger partial charge in [0, 0.05) is 30.5 Å². The van der Waals surface area contributed by atoms with Gasteiger partial charge in [0.15, 0.2) is 0 Å². The molecule has 1 aliphatic carbocycles. The molecule has 3 N–H and O–H groups in total. The van der Waals surface area contributed by atoms with E-state index in [0.717, 1.165) is 31.2 Å². The molecule has 136 valence electrons. The lowest BCUT2D eigenvalue weighted by molar-refractivity contribution is -0.137. The van der Waals surface area contributed by atoms with Crippen LogP contribution in [0.15, 0.2) is 24.3 Å². The fraction of sp³-hybridized carbons (Fsp3) is 0.526. The van der Waals surface area contributed by atoms with Crippen LogP contribution in [-0.4, -0.2) is 28.9 Å². The van der Waals surface area contributed by atoms with Gasteiger partial charge in [-0.25, -0.2) is 0 Å². The molecule has 0 bridgehead atoms. The van der Waals surface area contributed by atoms with E-state index in [4.69, 9.17) is 5.11 Å². The molecule has 1 fully saturated rings. The first-order valence-corrected chi connectivity index (χ1v) is 8.85. The minimum absolute atomic E-state index is 0.0561. The highest BCUT2D eigenvalue weighted by atomic mass is 16.4. The summed E-state index contributed by atoms with van der Waals surface area (Å²) in [4.78, 5) is 34.7. The van der Waals surface area contributed by atoms with E-state index in [0.29, 0.717) is 12.1 Å². The van der Waals surface area contributed by atoms with Crippen LogP contribution in [0.5, 0.6) is 0 Å². The van der Waals surface area contributed by atoms with Crippen LogP contribution in [0.2, 0.25) is 0 Å². The number of carbonyl (C=O) groups is 3. The molecule has 0 radical (unpaired) electrons. The number of aryl methyl sites for hydroxylation is 1. The van der Waals surface area contributed by atoms with Crippen LogP contribution in [-0.2, 0) is 20.8 Å². The number of carboxylic acids is 1. The smallest absolute Gasteiger partial charge is 0.303 e. The van der Waals surface area contributed by atoms with E-state index in [1.807, 2.05) is 19.1 Å². The molecular formula is C19H26N2O4. The number of carbonyl (C=O) groups excluding carboxylic acids is 2. The van der Waals surface area contributed by atoms with Gasteiger partial charge in [-0.15, -0.1) is 0 Å². The predicted octanol–water partition coefficient (Wildman–Crippen LogP) is 2.73. The summed E-state index contributed by atoms with van der Waals surface area (Å²) in [6.45, 7) is 1.83. The van der Waals surface area contributed by atoms with Gasteiger partial charge < -0.3 is 15.7 Å². The standard InChI is InChI=1S/C19H26N2O4/c1-13(20-19(25)15-4-2-3-5-15)12-17(22)21-16-9-6-14(7-10-16)8-11-18(23)24/h6-7,9-10,13,15H,2-5,8,11-12H2,1H3,(H,20,25)(H,21,22)(H,23,24). The molecule has 1 aliphatic rings. The molecule has 6 nitrogen and oxygen atoms in total. The highest BCUT2D eigenvalue weighted by Crippen LogP contribution is 2.24. The molecule has 0 saturated heterocycles. The Balaban J connectivity index is 1.75. The summed E-state index contributed by atoms with van der Waals surface area (Å²) in [5.41, 5.74) is 1.58. The van der Waals surface area contributed by atoms with Crippen molar-refractivity contribution >= 4 is 23.5 Å². The third kappa shape index (κ3) is 6.57. The largest absolute Gasteiger partial charge is 0.481 e. The number of benzene rings is 1. The Labute approximate surface area is 148 Å². The molecule has 1 aromatic carbocycles. The number of aliphatic carboxylic acids is 1. The van der Waals surface area contributed by atoms with Gasteiger partial charge in [-0.1, -0.05) is 25.0 Å². The van der Waals surface area contributed by atoms with Crippen LogP contribution in [0, 0.1) is 5.92 Å². The molecule has 2 amide bonds. The maximum Gasteiger partial charge on any atom is 0.303 e. The summed E-state index contributed by atoms with van der Waals surface area (Å²) in [6.07, 6.45) is 4.87. The molecule has 1 atom stereocenters. The molecular weight excluding hydrogens is 320 g/mol. The highest BCUT2D eigenvalue weighted by Gasteiger charge is 2.24. The third-order valence-corrected chi connectivity index (χ3v) is 4.47. The van der Waals surface area contributed by atoms with Gasteiger partial charge in [-0.3, -0.25) is 14.4 Å². The van der Waals surface area contributed by atoms with Crippen LogP contribution in [0.3, 0.4) is 0 Å². The Morgan fingerprint density at radius 1 is 1.16 bits per heavy atom. The monoisotopic (exact) mass is 346 g/mol. The Kier molecular flexibility index (Phi) is 6.98. The van der Waals surface area contributed by atoms with E-state index in [9.17, 15) is 14.4 Å². The molecule has 2 rings (SSSR count). The van der Waals surface area contributed by atoms with Crippen LogP contribution < -0.4 is 10.6 Å². The Morgan fingerprint density at radius 3 is 2.40 bits per heavy atom. The zero-order chi connectivity index (χ0) is 18.2. The van der Waals surface area contributed by atoms with Crippen molar-refractivity contribution in [2.45, 2.75) is 57.9 Å². The maximum atomic E-state index is 12.1. The van der Waals surface area contributed by atoms with Crippen molar-refractivity contribution in [3.05, 3.63) is 29.8 Å². The first-order chi connectivity index (χ1) is 11.9. The molecule has 0 spiro atoms. The van der Waals surface area contributed by atoms with Gasteiger partial charge >= 0.3 is 5.97 Å². The van der Waals surface area contributed by atoms with Crippen molar-refractivity contribution < 1.29 is 19.5 Å². The van der Waals surface area contributed by atoms with E-state index < -0.39 is 5.97 Å². The van der Waals surface area contributed by atoms with Crippen LogP contribution in [0.25, 0.3) is 0 Å². The number of nitrogens with one attached hydrogen (secondary N) is 2. The van der Waals surface area contributed by atoms with Crippen LogP contribution in [0.1, 0.15) is 51.0 Å². The van der Waals surface area contributed by atoms with E-state index in [-0.39, 0.29) is 36.6 Å². The minimum atomic E-state index is -0.828. The predicted molar refractivity (Wildman–Crippen MR) is 95.2 cm³/mol. The number of hydrogen-bond donors (Lipinski definition) is 3. The summed E-state index contributed by atoms with van der Waals surface area (Å²) in [6, 6.07) is 6.93. The lowest BCUT2D eigenvalue weighted by Gasteiger charge is -2.16. The number of rotatable bonds is 8. The van der Waals surface area contributed by atoms with E-state index >= 15 is 0 Å². The van der Waals surface area contributed by atoms with Crippen molar-refractivity contribution in [3.8, 4) is 0 Å². The van der Waals surface area contributed by atoms with E-state index in [1.165, 1.54) is 0 Å². The lowest BCUT2D eigenvalue weighted by Crippen LogP contribution is -2.38. The van der Waals surface area contributed by atoms with Gasteiger partial charge in [-0.2, -0.15) is 0 Å². The van der Waals surface area contributed by atoms with Crippen LogP contribution in [0.4, 0.5) is 5.69 Å². The minimum Gasteiger partial charge on any atom is -0.481 e. The van der Waals surface area contributed by atoms with E-state index in [1.54, 1.807) is 12.1 Å². The van der Waals surface area contributed by atoms with Crippen molar-refractivity contribution in [2.24, 2.45) is 5.92 Å². The fourth-order valence-electron chi connectivity index (χ4n) is 3.10. The summed E-state index contributed by atoms with van der Waals surface area (Å²) in [7, 11) is 0. The average Bonchev–Trinajstić information content (AvgIpc) is 3.08. The normalized spacial score (nSPS) is 15.6. The lowest BCUT2D eigenvalue weighted by atomic mass is 10.1. The summed E-state index contributed by atoms with van der Waals surface area (Å²) in [5.74, 6) is -0.826. The average molecular weight is 346 g/mol. The summed E-state index contributed by atoms with van der Waals surface area (Å²) >= 11 is 0. The van der Waals surface area contributed by atoms with Crippen molar-refractivity contribution in [3.63, 3.8) is 0 Å². The summed E-state index contributed by atoms with van der Waals surface area (Å²) < 4.78 is 0.